The van der Waals surface area contributed by atoms with Crippen LogP contribution in [0, 0.1) is 0 Å². The lowest BCUT2D eigenvalue weighted by Gasteiger charge is -2.30. The lowest BCUT2D eigenvalue weighted by Crippen LogP contribution is -2.44. The summed E-state index contributed by atoms with van der Waals surface area (Å²) in [5.74, 6) is 2.35. The molecule has 0 aromatic rings. The Balaban J connectivity index is 2.12. The molecule has 2 nitrogen and oxygen atoms in total. The second-order valence-corrected chi connectivity index (χ2v) is 6.35. The molecule has 1 heterocycles. The number of rotatable bonds is 10. The Bertz CT molecular complexity index is 183. The van der Waals surface area contributed by atoms with Crippen molar-refractivity contribution in [3.05, 3.63) is 0 Å². The van der Waals surface area contributed by atoms with Gasteiger partial charge in [-0.25, -0.2) is 0 Å². The highest BCUT2D eigenvalue weighted by molar-refractivity contribution is 7.99. The second-order valence-electron chi connectivity index (χ2n) is 5.20. The van der Waals surface area contributed by atoms with Crippen LogP contribution in [-0.4, -0.2) is 36.8 Å². The number of thioether (sulfide) groups is 1. The number of unbranched alkanes of at least 4 members (excludes halogenated alkanes) is 5. The van der Waals surface area contributed by atoms with E-state index < -0.39 is 0 Å². The molecule has 0 aliphatic carbocycles. The third kappa shape index (κ3) is 7.01. The van der Waals surface area contributed by atoms with Crippen molar-refractivity contribution in [3.63, 3.8) is 0 Å². The summed E-state index contributed by atoms with van der Waals surface area (Å²) in [5, 5.41) is 3.62. The Morgan fingerprint density at radius 2 is 1.94 bits per heavy atom. The zero-order valence-electron chi connectivity index (χ0n) is 12.2. The Kier molecular flexibility index (Phi) is 10.1. The van der Waals surface area contributed by atoms with E-state index in [2.05, 4.69) is 19.2 Å². The van der Waals surface area contributed by atoms with E-state index in [4.69, 9.17) is 4.74 Å². The van der Waals surface area contributed by atoms with Gasteiger partial charge in [0.05, 0.1) is 12.7 Å². The first kappa shape index (κ1) is 16.3. The van der Waals surface area contributed by atoms with Crippen LogP contribution >= 0.6 is 11.8 Å². The molecule has 0 bridgehead atoms. The molecule has 1 aliphatic rings. The summed E-state index contributed by atoms with van der Waals surface area (Å²) < 4.78 is 5.90. The quantitative estimate of drug-likeness (QED) is 0.611. The summed E-state index contributed by atoms with van der Waals surface area (Å²) in [4.78, 5) is 0. The van der Waals surface area contributed by atoms with Crippen LogP contribution in [0.5, 0.6) is 0 Å². The van der Waals surface area contributed by atoms with E-state index in [-0.39, 0.29) is 0 Å². The fourth-order valence-corrected chi connectivity index (χ4v) is 3.51. The molecule has 0 aromatic carbocycles. The zero-order valence-corrected chi connectivity index (χ0v) is 13.1. The molecule has 1 aliphatic heterocycles. The molecule has 1 fully saturated rings. The number of hydrogen-bond donors (Lipinski definition) is 1. The predicted molar refractivity (Wildman–Crippen MR) is 82.5 cm³/mol. The van der Waals surface area contributed by atoms with Crippen LogP contribution < -0.4 is 5.32 Å². The molecule has 1 saturated heterocycles. The van der Waals surface area contributed by atoms with Crippen LogP contribution in [-0.2, 0) is 4.74 Å². The molecule has 2 unspecified atom stereocenters. The van der Waals surface area contributed by atoms with Crippen LogP contribution in [0.15, 0.2) is 0 Å². The molecule has 1 rings (SSSR count). The summed E-state index contributed by atoms with van der Waals surface area (Å²) in [7, 11) is 0. The van der Waals surface area contributed by atoms with E-state index in [1.165, 1.54) is 56.5 Å². The molecule has 0 spiro atoms. The van der Waals surface area contributed by atoms with Gasteiger partial charge in [0.15, 0.2) is 0 Å². The van der Waals surface area contributed by atoms with Gasteiger partial charge < -0.3 is 10.1 Å². The largest absolute Gasteiger partial charge is 0.375 e. The average molecular weight is 273 g/mol. The van der Waals surface area contributed by atoms with Crippen LogP contribution in [0.3, 0.4) is 0 Å². The minimum Gasteiger partial charge on any atom is -0.375 e. The maximum absolute atomic E-state index is 5.90. The van der Waals surface area contributed by atoms with Gasteiger partial charge in [-0.1, -0.05) is 52.4 Å². The minimum atomic E-state index is 0.444. The van der Waals surface area contributed by atoms with E-state index in [0.717, 1.165) is 13.2 Å². The van der Waals surface area contributed by atoms with Gasteiger partial charge in [-0.3, -0.25) is 0 Å². The first-order valence-electron chi connectivity index (χ1n) is 7.81. The minimum absolute atomic E-state index is 0.444. The Hall–Kier alpha value is 0.270. The van der Waals surface area contributed by atoms with Gasteiger partial charge in [0.2, 0.25) is 0 Å². The molecule has 0 aromatic heterocycles. The molecule has 0 amide bonds. The Labute approximate surface area is 118 Å². The summed E-state index contributed by atoms with van der Waals surface area (Å²) in [5.41, 5.74) is 0. The molecule has 108 valence electrons. The van der Waals surface area contributed by atoms with Gasteiger partial charge in [-0.2, -0.15) is 11.8 Å². The lowest BCUT2D eigenvalue weighted by molar-refractivity contribution is 0.0445. The lowest BCUT2D eigenvalue weighted by atomic mass is 10.0. The SMILES string of the molecule is CCCCCCCCC(NCC)C1CSCCO1. The van der Waals surface area contributed by atoms with Crippen LogP contribution in [0.25, 0.3) is 0 Å². The Morgan fingerprint density at radius 3 is 2.61 bits per heavy atom. The maximum atomic E-state index is 5.90. The summed E-state index contributed by atoms with van der Waals surface area (Å²) in [6.45, 7) is 6.47. The van der Waals surface area contributed by atoms with E-state index in [9.17, 15) is 0 Å². The smallest absolute Gasteiger partial charge is 0.0818 e. The maximum Gasteiger partial charge on any atom is 0.0818 e. The average Bonchev–Trinajstić information content (AvgIpc) is 2.42. The van der Waals surface area contributed by atoms with Crippen molar-refractivity contribution in [1.82, 2.24) is 5.32 Å². The van der Waals surface area contributed by atoms with Gasteiger partial charge in [0.1, 0.15) is 0 Å². The monoisotopic (exact) mass is 273 g/mol. The van der Waals surface area contributed by atoms with Crippen molar-refractivity contribution in [3.8, 4) is 0 Å². The van der Waals surface area contributed by atoms with E-state index in [0.29, 0.717) is 12.1 Å². The summed E-state index contributed by atoms with van der Waals surface area (Å²) >= 11 is 2.04. The highest BCUT2D eigenvalue weighted by Crippen LogP contribution is 2.19. The first-order valence-corrected chi connectivity index (χ1v) is 8.96. The predicted octanol–water partition coefficient (Wildman–Crippen LogP) is 3.85. The van der Waals surface area contributed by atoms with Crippen molar-refractivity contribution >= 4 is 11.8 Å². The molecule has 2 atom stereocenters. The number of ether oxygens (including phenoxy) is 1. The topological polar surface area (TPSA) is 21.3 Å². The van der Waals surface area contributed by atoms with Crippen LogP contribution in [0.4, 0.5) is 0 Å². The first-order chi connectivity index (χ1) is 8.88. The van der Waals surface area contributed by atoms with E-state index >= 15 is 0 Å². The molecular formula is C15H31NOS. The van der Waals surface area contributed by atoms with Crippen molar-refractivity contribution in [2.24, 2.45) is 0 Å². The highest BCUT2D eigenvalue weighted by Gasteiger charge is 2.23. The van der Waals surface area contributed by atoms with Crippen molar-refractivity contribution in [2.75, 3.05) is 24.7 Å². The molecular weight excluding hydrogens is 242 g/mol. The number of nitrogens with one attached hydrogen (secondary N) is 1. The highest BCUT2D eigenvalue weighted by atomic mass is 32.2. The van der Waals surface area contributed by atoms with Gasteiger partial charge in [0, 0.05) is 17.5 Å². The summed E-state index contributed by atoms with van der Waals surface area (Å²) in [6, 6.07) is 0.578. The van der Waals surface area contributed by atoms with Crippen LogP contribution in [0.2, 0.25) is 0 Å². The van der Waals surface area contributed by atoms with Crippen molar-refractivity contribution < 1.29 is 4.74 Å². The van der Waals surface area contributed by atoms with Gasteiger partial charge in [0.25, 0.3) is 0 Å². The van der Waals surface area contributed by atoms with Gasteiger partial charge >= 0.3 is 0 Å². The zero-order chi connectivity index (χ0) is 13.1. The number of hydrogen-bond acceptors (Lipinski definition) is 3. The molecule has 18 heavy (non-hydrogen) atoms. The summed E-state index contributed by atoms with van der Waals surface area (Å²) in [6.07, 6.45) is 10.0. The molecule has 3 heteroatoms. The van der Waals surface area contributed by atoms with E-state index in [1.54, 1.807) is 0 Å². The van der Waals surface area contributed by atoms with Crippen molar-refractivity contribution in [2.45, 2.75) is 70.9 Å². The van der Waals surface area contributed by atoms with Gasteiger partial charge in [-0.05, 0) is 13.0 Å². The molecule has 0 radical (unpaired) electrons. The van der Waals surface area contributed by atoms with Crippen LogP contribution in [0.1, 0.15) is 58.8 Å². The molecule has 1 N–H and O–H groups in total. The Morgan fingerprint density at radius 1 is 1.17 bits per heavy atom. The van der Waals surface area contributed by atoms with Gasteiger partial charge in [-0.15, -0.1) is 0 Å². The third-order valence-electron chi connectivity index (χ3n) is 3.63. The number of likely N-dealkylation sites (N-methyl/N-ethyl adjacent to an activating group) is 1. The normalized spacial score (nSPS) is 22.0. The standard InChI is InChI=1S/C15H31NOS/c1-3-5-6-7-8-9-10-14(16-4-2)15-13-18-12-11-17-15/h14-16H,3-13H2,1-2H3. The fourth-order valence-electron chi connectivity index (χ4n) is 2.56. The molecule has 0 saturated carbocycles. The van der Waals surface area contributed by atoms with E-state index in [1.807, 2.05) is 11.8 Å². The second kappa shape index (κ2) is 11.1. The van der Waals surface area contributed by atoms with Crippen molar-refractivity contribution in [1.29, 1.82) is 0 Å². The fraction of sp³-hybridized carbons (Fsp3) is 1.00. The third-order valence-corrected chi connectivity index (χ3v) is 4.65.